The molecule has 3 rings (SSSR count). The van der Waals surface area contributed by atoms with Gasteiger partial charge in [-0.3, -0.25) is 14.6 Å². The van der Waals surface area contributed by atoms with E-state index in [0.29, 0.717) is 0 Å². The van der Waals surface area contributed by atoms with Crippen LogP contribution in [0.5, 0.6) is 0 Å². The molecule has 4 heteroatoms. The lowest BCUT2D eigenvalue weighted by Gasteiger charge is -2.22. The molecule has 0 aliphatic carbocycles. The molecule has 25 heavy (non-hydrogen) atoms. The molecule has 3 aromatic rings. The molecular weight excluding hydrogens is 308 g/mol. The predicted molar refractivity (Wildman–Crippen MR) is 101 cm³/mol. The number of nitrogens with zero attached hydrogens (tertiary/aromatic N) is 4. The minimum atomic E-state index is 0.828. The molecule has 0 spiro atoms. The summed E-state index contributed by atoms with van der Waals surface area (Å²) in [6, 6.07) is 16.7. The van der Waals surface area contributed by atoms with Gasteiger partial charge in [0.1, 0.15) is 0 Å². The van der Waals surface area contributed by atoms with Crippen molar-refractivity contribution in [2.45, 2.75) is 46.4 Å². The van der Waals surface area contributed by atoms with E-state index >= 15 is 0 Å². The van der Waals surface area contributed by atoms with Crippen molar-refractivity contribution in [1.29, 1.82) is 0 Å². The van der Waals surface area contributed by atoms with E-state index in [9.17, 15) is 0 Å². The third kappa shape index (κ3) is 4.77. The number of aromatic nitrogens is 3. The van der Waals surface area contributed by atoms with Gasteiger partial charge in [0.15, 0.2) is 0 Å². The fourth-order valence-corrected chi connectivity index (χ4v) is 3.05. The zero-order valence-electron chi connectivity index (χ0n) is 15.1. The lowest BCUT2D eigenvalue weighted by Crippen LogP contribution is -2.23. The van der Waals surface area contributed by atoms with E-state index in [4.69, 9.17) is 0 Å². The van der Waals surface area contributed by atoms with Crippen LogP contribution in [0.3, 0.4) is 0 Å². The molecule has 0 bridgehead atoms. The van der Waals surface area contributed by atoms with Crippen molar-refractivity contribution in [3.63, 3.8) is 0 Å². The Balaban J connectivity index is 1.78. The van der Waals surface area contributed by atoms with E-state index in [1.54, 1.807) is 0 Å². The summed E-state index contributed by atoms with van der Waals surface area (Å²) in [4.78, 5) is 6.92. The highest BCUT2D eigenvalue weighted by molar-refractivity contribution is 5.18. The van der Waals surface area contributed by atoms with E-state index < -0.39 is 0 Å². The summed E-state index contributed by atoms with van der Waals surface area (Å²) in [6.45, 7) is 7.93. The maximum atomic E-state index is 4.55. The average molecular weight is 334 g/mol. The lowest BCUT2D eigenvalue weighted by atomic mass is 10.1. The molecule has 1 aromatic carbocycles. The van der Waals surface area contributed by atoms with Crippen molar-refractivity contribution >= 4 is 0 Å². The van der Waals surface area contributed by atoms with Crippen LogP contribution in [0.4, 0.5) is 0 Å². The number of rotatable bonds is 8. The van der Waals surface area contributed by atoms with E-state index in [-0.39, 0.29) is 0 Å². The summed E-state index contributed by atoms with van der Waals surface area (Å²) in [5.74, 6) is 0. The Kier molecular flexibility index (Phi) is 5.96. The van der Waals surface area contributed by atoms with Gasteiger partial charge in [-0.15, -0.1) is 0 Å². The van der Waals surface area contributed by atoms with Gasteiger partial charge in [-0.25, -0.2) is 0 Å². The summed E-state index contributed by atoms with van der Waals surface area (Å²) >= 11 is 0. The Morgan fingerprint density at radius 3 is 2.48 bits per heavy atom. The summed E-state index contributed by atoms with van der Waals surface area (Å²) in [7, 11) is 0. The van der Waals surface area contributed by atoms with Crippen molar-refractivity contribution in [3.8, 4) is 0 Å². The Morgan fingerprint density at radius 1 is 0.960 bits per heavy atom. The maximum Gasteiger partial charge on any atom is 0.0544 e. The standard InChI is InChI=1S/C21H26N4/c1-3-13-25-18(2)20(14-23-25)16-24(15-19-9-5-4-6-10-19)17-21-11-7-8-12-22-21/h4-12,14H,3,13,15-17H2,1-2H3. The SMILES string of the molecule is CCCn1ncc(CN(Cc2ccccc2)Cc2ccccn2)c1C. The molecule has 0 saturated heterocycles. The van der Waals surface area contributed by atoms with Crippen molar-refractivity contribution in [1.82, 2.24) is 19.7 Å². The Hall–Kier alpha value is -2.46. The van der Waals surface area contributed by atoms with Gasteiger partial charge in [0.05, 0.1) is 11.9 Å². The van der Waals surface area contributed by atoms with Crippen molar-refractivity contribution in [2.24, 2.45) is 0 Å². The lowest BCUT2D eigenvalue weighted by molar-refractivity contribution is 0.244. The third-order valence-electron chi connectivity index (χ3n) is 4.39. The van der Waals surface area contributed by atoms with Gasteiger partial charge in [-0.05, 0) is 31.0 Å². The Bertz CT molecular complexity index is 724. The van der Waals surface area contributed by atoms with Crippen molar-refractivity contribution in [3.05, 3.63) is 83.4 Å². The molecule has 130 valence electrons. The molecule has 0 aliphatic rings. The van der Waals surface area contributed by atoms with Gasteiger partial charge in [0.25, 0.3) is 0 Å². The zero-order valence-corrected chi connectivity index (χ0v) is 15.1. The van der Waals surface area contributed by atoms with Crippen LogP contribution in [0.25, 0.3) is 0 Å². The summed E-state index contributed by atoms with van der Waals surface area (Å²) in [5, 5.41) is 4.55. The van der Waals surface area contributed by atoms with Crippen LogP contribution < -0.4 is 0 Å². The number of hydrogen-bond donors (Lipinski definition) is 0. The van der Waals surface area contributed by atoms with E-state index in [1.165, 1.54) is 16.8 Å². The molecule has 2 aromatic heterocycles. The molecule has 4 nitrogen and oxygen atoms in total. The van der Waals surface area contributed by atoms with Gasteiger partial charge >= 0.3 is 0 Å². The third-order valence-corrected chi connectivity index (χ3v) is 4.39. The first-order chi connectivity index (χ1) is 12.3. The van der Waals surface area contributed by atoms with E-state index in [1.807, 2.05) is 24.5 Å². The monoisotopic (exact) mass is 334 g/mol. The van der Waals surface area contributed by atoms with E-state index in [2.05, 4.69) is 69.9 Å². The second-order valence-electron chi connectivity index (χ2n) is 6.43. The molecule has 0 radical (unpaired) electrons. The number of hydrogen-bond acceptors (Lipinski definition) is 3. The number of aryl methyl sites for hydroxylation is 1. The average Bonchev–Trinajstić information content (AvgIpc) is 2.97. The smallest absolute Gasteiger partial charge is 0.0544 e. The molecular formula is C21H26N4. The highest BCUT2D eigenvalue weighted by Crippen LogP contribution is 2.16. The van der Waals surface area contributed by atoms with Gasteiger partial charge in [0, 0.05) is 43.6 Å². The highest BCUT2D eigenvalue weighted by atomic mass is 15.3. The molecule has 0 fully saturated rings. The van der Waals surface area contributed by atoms with E-state index in [0.717, 1.165) is 38.3 Å². The van der Waals surface area contributed by atoms with Crippen molar-refractivity contribution in [2.75, 3.05) is 0 Å². The van der Waals surface area contributed by atoms with Crippen LogP contribution >= 0.6 is 0 Å². The predicted octanol–water partition coefficient (Wildman–Crippen LogP) is 4.20. The largest absolute Gasteiger partial charge is 0.289 e. The summed E-state index contributed by atoms with van der Waals surface area (Å²) < 4.78 is 2.11. The van der Waals surface area contributed by atoms with Gasteiger partial charge in [-0.2, -0.15) is 5.10 Å². The quantitative estimate of drug-likeness (QED) is 0.619. The summed E-state index contributed by atoms with van der Waals surface area (Å²) in [6.07, 6.45) is 4.98. The molecule has 0 atom stereocenters. The molecule has 0 saturated carbocycles. The number of benzene rings is 1. The van der Waals surface area contributed by atoms with Gasteiger partial charge in [-0.1, -0.05) is 43.3 Å². The van der Waals surface area contributed by atoms with Gasteiger partial charge < -0.3 is 0 Å². The Labute approximate surface area is 150 Å². The first-order valence-electron chi connectivity index (χ1n) is 8.93. The minimum absolute atomic E-state index is 0.828. The minimum Gasteiger partial charge on any atom is -0.289 e. The van der Waals surface area contributed by atoms with Crippen LogP contribution in [0.15, 0.2) is 60.9 Å². The zero-order chi connectivity index (χ0) is 17.5. The van der Waals surface area contributed by atoms with Crippen molar-refractivity contribution < 1.29 is 0 Å². The first-order valence-corrected chi connectivity index (χ1v) is 8.93. The van der Waals surface area contributed by atoms with Crippen LogP contribution in [0.1, 0.15) is 35.9 Å². The summed E-state index contributed by atoms with van der Waals surface area (Å²) in [5.41, 5.74) is 4.97. The fourth-order valence-electron chi connectivity index (χ4n) is 3.05. The fraction of sp³-hybridized carbons (Fsp3) is 0.333. The normalized spacial score (nSPS) is 11.2. The second kappa shape index (κ2) is 8.58. The van der Waals surface area contributed by atoms with Crippen LogP contribution in [0, 0.1) is 6.92 Å². The van der Waals surface area contributed by atoms with Crippen LogP contribution in [-0.2, 0) is 26.2 Å². The molecule has 0 unspecified atom stereocenters. The molecule has 2 heterocycles. The molecule has 0 aliphatic heterocycles. The molecule has 0 N–H and O–H groups in total. The Morgan fingerprint density at radius 2 is 1.76 bits per heavy atom. The second-order valence-corrected chi connectivity index (χ2v) is 6.43. The van der Waals surface area contributed by atoms with Crippen LogP contribution in [0.2, 0.25) is 0 Å². The topological polar surface area (TPSA) is 34.0 Å². The van der Waals surface area contributed by atoms with Gasteiger partial charge in [0.2, 0.25) is 0 Å². The molecule has 0 amide bonds. The first kappa shape index (κ1) is 17.4. The number of pyridine rings is 1. The highest BCUT2D eigenvalue weighted by Gasteiger charge is 2.13. The van der Waals surface area contributed by atoms with Crippen LogP contribution in [-0.4, -0.2) is 19.7 Å². The maximum absolute atomic E-state index is 4.55.